The molecule has 1 saturated heterocycles. The Morgan fingerprint density at radius 1 is 1.50 bits per heavy atom. The predicted molar refractivity (Wildman–Crippen MR) is 62.6 cm³/mol. The van der Waals surface area contributed by atoms with Crippen LogP contribution in [-0.4, -0.2) is 50.7 Å². The number of rotatable bonds is 4. The second-order valence-corrected chi connectivity index (χ2v) is 8.46. The largest absolute Gasteiger partial charge is 0.324 e. The molecule has 4 heteroatoms. The molecule has 3 nitrogen and oxygen atoms in total. The Morgan fingerprint density at radius 2 is 2.21 bits per heavy atom. The molecule has 14 heavy (non-hydrogen) atoms. The maximum absolute atomic E-state index is 11.5. The SMILES string of the molecule is CN1CCC(CCCP(C)(C)=O)NC1. The van der Waals surface area contributed by atoms with Gasteiger partial charge in [-0.3, -0.25) is 4.90 Å². The normalized spacial score (nSPS) is 25.2. The van der Waals surface area contributed by atoms with Crippen LogP contribution in [0.5, 0.6) is 0 Å². The molecular weight excluding hydrogens is 195 g/mol. The van der Waals surface area contributed by atoms with Crippen LogP contribution in [0.25, 0.3) is 0 Å². The Kier molecular flexibility index (Phi) is 4.62. The maximum Gasteiger partial charge on any atom is 0.0819 e. The molecule has 1 aliphatic rings. The molecule has 1 atom stereocenters. The highest BCUT2D eigenvalue weighted by Crippen LogP contribution is 2.36. The van der Waals surface area contributed by atoms with Gasteiger partial charge in [-0.05, 0) is 39.6 Å². The summed E-state index contributed by atoms with van der Waals surface area (Å²) in [6.07, 6.45) is 4.42. The van der Waals surface area contributed by atoms with E-state index in [1.165, 1.54) is 19.4 Å². The molecule has 0 aromatic rings. The number of hydrogen-bond acceptors (Lipinski definition) is 3. The zero-order valence-electron chi connectivity index (χ0n) is 9.62. The lowest BCUT2D eigenvalue weighted by Gasteiger charge is -2.30. The van der Waals surface area contributed by atoms with E-state index >= 15 is 0 Å². The third-order valence-electron chi connectivity index (χ3n) is 2.76. The van der Waals surface area contributed by atoms with Gasteiger partial charge in [0.05, 0.1) is 7.14 Å². The summed E-state index contributed by atoms with van der Waals surface area (Å²) in [5.41, 5.74) is 0. The Bertz CT molecular complexity index is 206. The van der Waals surface area contributed by atoms with Gasteiger partial charge in [0.2, 0.25) is 0 Å². The first kappa shape index (κ1) is 12.2. The van der Waals surface area contributed by atoms with Gasteiger partial charge in [0.25, 0.3) is 0 Å². The van der Waals surface area contributed by atoms with Crippen molar-refractivity contribution >= 4 is 7.14 Å². The fraction of sp³-hybridized carbons (Fsp3) is 1.00. The minimum absolute atomic E-state index is 0.651. The van der Waals surface area contributed by atoms with Gasteiger partial charge in [0.1, 0.15) is 0 Å². The minimum atomic E-state index is -1.78. The monoisotopic (exact) mass is 218 g/mol. The zero-order chi connectivity index (χ0) is 10.6. The van der Waals surface area contributed by atoms with Gasteiger partial charge in [-0.2, -0.15) is 0 Å². The first-order valence-corrected chi connectivity index (χ1v) is 8.22. The molecule has 1 N–H and O–H groups in total. The molecule has 0 bridgehead atoms. The first-order chi connectivity index (χ1) is 6.47. The Balaban J connectivity index is 2.11. The Morgan fingerprint density at radius 3 is 2.71 bits per heavy atom. The Hall–Kier alpha value is 0.150. The number of hydrogen-bond donors (Lipinski definition) is 1. The van der Waals surface area contributed by atoms with Crippen molar-refractivity contribution in [2.24, 2.45) is 0 Å². The molecule has 1 aliphatic heterocycles. The second kappa shape index (κ2) is 5.29. The highest BCUT2D eigenvalue weighted by atomic mass is 31.2. The molecule has 0 aromatic heterocycles. The summed E-state index contributed by atoms with van der Waals surface area (Å²) in [4.78, 5) is 2.29. The van der Waals surface area contributed by atoms with Crippen molar-refractivity contribution in [1.82, 2.24) is 10.2 Å². The highest BCUT2D eigenvalue weighted by Gasteiger charge is 2.16. The van der Waals surface area contributed by atoms with E-state index in [0.717, 1.165) is 19.3 Å². The summed E-state index contributed by atoms with van der Waals surface area (Å²) >= 11 is 0. The van der Waals surface area contributed by atoms with E-state index in [2.05, 4.69) is 17.3 Å². The van der Waals surface area contributed by atoms with Crippen LogP contribution in [0.15, 0.2) is 0 Å². The quantitative estimate of drug-likeness (QED) is 0.728. The summed E-state index contributed by atoms with van der Waals surface area (Å²) in [6.45, 7) is 5.96. The van der Waals surface area contributed by atoms with Crippen LogP contribution < -0.4 is 5.32 Å². The summed E-state index contributed by atoms with van der Waals surface area (Å²) in [6, 6.07) is 0.651. The number of nitrogens with zero attached hydrogens (tertiary/aromatic N) is 1. The molecule has 1 heterocycles. The van der Waals surface area contributed by atoms with E-state index in [0.29, 0.717) is 6.04 Å². The van der Waals surface area contributed by atoms with Crippen LogP contribution in [0.1, 0.15) is 19.3 Å². The lowest BCUT2D eigenvalue weighted by atomic mass is 10.1. The topological polar surface area (TPSA) is 32.3 Å². The van der Waals surface area contributed by atoms with Crippen molar-refractivity contribution in [2.45, 2.75) is 25.3 Å². The minimum Gasteiger partial charge on any atom is -0.324 e. The molecule has 1 fully saturated rings. The molecule has 0 saturated carbocycles. The van der Waals surface area contributed by atoms with Crippen molar-refractivity contribution in [3.8, 4) is 0 Å². The van der Waals surface area contributed by atoms with Crippen LogP contribution >= 0.6 is 7.14 Å². The third-order valence-corrected chi connectivity index (χ3v) is 4.15. The summed E-state index contributed by atoms with van der Waals surface area (Å²) < 4.78 is 11.5. The summed E-state index contributed by atoms with van der Waals surface area (Å²) in [7, 11) is 0.351. The van der Waals surface area contributed by atoms with Gasteiger partial charge < -0.3 is 9.88 Å². The smallest absolute Gasteiger partial charge is 0.0819 e. The van der Waals surface area contributed by atoms with E-state index in [4.69, 9.17) is 0 Å². The molecule has 0 aliphatic carbocycles. The molecule has 0 amide bonds. The second-order valence-electron chi connectivity index (χ2n) is 4.87. The van der Waals surface area contributed by atoms with E-state index < -0.39 is 7.14 Å². The summed E-state index contributed by atoms with van der Waals surface area (Å²) in [5, 5.41) is 3.49. The van der Waals surface area contributed by atoms with E-state index in [9.17, 15) is 4.57 Å². The van der Waals surface area contributed by atoms with Crippen molar-refractivity contribution in [3.63, 3.8) is 0 Å². The van der Waals surface area contributed by atoms with Gasteiger partial charge in [-0.15, -0.1) is 0 Å². The van der Waals surface area contributed by atoms with E-state index in [1.807, 2.05) is 13.3 Å². The van der Waals surface area contributed by atoms with Crippen molar-refractivity contribution in [1.29, 1.82) is 0 Å². The van der Waals surface area contributed by atoms with Crippen LogP contribution in [0.4, 0.5) is 0 Å². The van der Waals surface area contributed by atoms with Gasteiger partial charge in [0, 0.05) is 25.4 Å². The van der Waals surface area contributed by atoms with Crippen molar-refractivity contribution < 1.29 is 4.57 Å². The standard InChI is InChI=1S/C10H23N2OP/c1-12-7-6-10(11-9-12)5-4-8-14(2,3)13/h10-11H,4-9H2,1-3H3. The molecular formula is C10H23N2OP. The van der Waals surface area contributed by atoms with E-state index in [-0.39, 0.29) is 0 Å². The highest BCUT2D eigenvalue weighted by molar-refractivity contribution is 7.62. The maximum atomic E-state index is 11.5. The zero-order valence-corrected chi connectivity index (χ0v) is 10.5. The van der Waals surface area contributed by atoms with Gasteiger partial charge in [0.15, 0.2) is 0 Å². The lowest BCUT2D eigenvalue weighted by Crippen LogP contribution is -2.45. The van der Waals surface area contributed by atoms with Crippen LogP contribution in [-0.2, 0) is 4.57 Å². The van der Waals surface area contributed by atoms with Crippen molar-refractivity contribution in [2.75, 3.05) is 39.8 Å². The van der Waals surface area contributed by atoms with Gasteiger partial charge in [-0.1, -0.05) is 0 Å². The molecule has 0 aromatic carbocycles. The molecule has 0 radical (unpaired) electrons. The average Bonchev–Trinajstić information content (AvgIpc) is 2.06. The first-order valence-electron chi connectivity index (χ1n) is 5.43. The fourth-order valence-corrected chi connectivity index (χ4v) is 2.75. The predicted octanol–water partition coefficient (Wildman–Crippen LogP) is 1.64. The van der Waals surface area contributed by atoms with Gasteiger partial charge in [-0.25, -0.2) is 0 Å². The van der Waals surface area contributed by atoms with Crippen LogP contribution in [0.3, 0.4) is 0 Å². The molecule has 1 unspecified atom stereocenters. The third kappa shape index (κ3) is 5.14. The Labute approximate surface area is 87.6 Å². The van der Waals surface area contributed by atoms with Crippen LogP contribution in [0.2, 0.25) is 0 Å². The molecule has 84 valence electrons. The van der Waals surface area contributed by atoms with E-state index in [1.54, 1.807) is 0 Å². The van der Waals surface area contributed by atoms with Crippen molar-refractivity contribution in [3.05, 3.63) is 0 Å². The van der Waals surface area contributed by atoms with Gasteiger partial charge >= 0.3 is 0 Å². The summed E-state index contributed by atoms with van der Waals surface area (Å²) in [5.74, 6) is 0. The lowest BCUT2D eigenvalue weighted by molar-refractivity contribution is 0.212. The van der Waals surface area contributed by atoms with Crippen LogP contribution in [0, 0.1) is 0 Å². The average molecular weight is 218 g/mol. The molecule has 0 spiro atoms. The number of nitrogens with one attached hydrogen (secondary N) is 1. The fourth-order valence-electron chi connectivity index (χ4n) is 1.81. The molecule has 1 rings (SSSR count).